The highest BCUT2D eigenvalue weighted by atomic mass is 32.2. The Bertz CT molecular complexity index is 550. The van der Waals surface area contributed by atoms with Crippen LogP contribution in [-0.4, -0.2) is 36.9 Å². The standard InChI is InChI=1S/C15H21N3O2S/c1-11(2)17-20-10-12-8-6-7-9-13(12)14(18-19-4)15(16-3)21-5/h6-9H,10H2,1-5H3/b16-15?,18-14+. The zero-order valence-electron chi connectivity index (χ0n) is 13.1. The van der Waals surface area contributed by atoms with E-state index in [1.54, 1.807) is 7.05 Å². The maximum Gasteiger partial charge on any atom is 0.142 e. The quantitative estimate of drug-likeness (QED) is 0.460. The second-order valence-electron chi connectivity index (χ2n) is 4.32. The van der Waals surface area contributed by atoms with Crippen molar-refractivity contribution in [3.05, 3.63) is 35.4 Å². The van der Waals surface area contributed by atoms with Gasteiger partial charge in [0.05, 0.1) is 5.71 Å². The molecule has 0 radical (unpaired) electrons. The molecule has 1 rings (SSSR count). The number of hydrogen-bond donors (Lipinski definition) is 0. The highest BCUT2D eigenvalue weighted by Gasteiger charge is 2.15. The van der Waals surface area contributed by atoms with Crippen LogP contribution in [0.2, 0.25) is 0 Å². The van der Waals surface area contributed by atoms with Gasteiger partial charge in [-0.2, -0.15) is 0 Å². The number of rotatable bonds is 6. The third-order valence-electron chi connectivity index (χ3n) is 2.52. The molecule has 5 nitrogen and oxygen atoms in total. The predicted octanol–water partition coefficient (Wildman–Crippen LogP) is 3.34. The van der Waals surface area contributed by atoms with Crippen LogP contribution in [0.25, 0.3) is 0 Å². The molecular formula is C15H21N3O2S. The van der Waals surface area contributed by atoms with E-state index in [-0.39, 0.29) is 0 Å². The first-order chi connectivity index (χ1) is 10.1. The first kappa shape index (κ1) is 17.2. The van der Waals surface area contributed by atoms with Crippen molar-refractivity contribution < 1.29 is 9.68 Å². The van der Waals surface area contributed by atoms with Gasteiger partial charge in [0.25, 0.3) is 0 Å². The predicted molar refractivity (Wildman–Crippen MR) is 90.4 cm³/mol. The van der Waals surface area contributed by atoms with Gasteiger partial charge in [0.2, 0.25) is 0 Å². The molecule has 0 fully saturated rings. The highest BCUT2D eigenvalue weighted by molar-refractivity contribution is 8.15. The van der Waals surface area contributed by atoms with Crippen LogP contribution in [0.3, 0.4) is 0 Å². The van der Waals surface area contributed by atoms with Crippen LogP contribution in [0.5, 0.6) is 0 Å². The highest BCUT2D eigenvalue weighted by Crippen LogP contribution is 2.16. The van der Waals surface area contributed by atoms with E-state index >= 15 is 0 Å². The van der Waals surface area contributed by atoms with Gasteiger partial charge >= 0.3 is 0 Å². The summed E-state index contributed by atoms with van der Waals surface area (Å²) in [5.74, 6) is 0. The summed E-state index contributed by atoms with van der Waals surface area (Å²) in [6.45, 7) is 4.15. The van der Waals surface area contributed by atoms with Crippen molar-refractivity contribution in [2.75, 3.05) is 20.4 Å². The van der Waals surface area contributed by atoms with E-state index in [0.29, 0.717) is 12.3 Å². The maximum absolute atomic E-state index is 5.34. The number of aliphatic imine (C=N–C) groups is 1. The number of hydrogen-bond acceptors (Lipinski definition) is 6. The zero-order chi connectivity index (χ0) is 15.7. The first-order valence-electron chi connectivity index (χ1n) is 6.47. The van der Waals surface area contributed by atoms with Crippen molar-refractivity contribution in [2.45, 2.75) is 20.5 Å². The molecule has 0 atom stereocenters. The summed E-state index contributed by atoms with van der Waals surface area (Å²) in [6.07, 6.45) is 1.96. The Morgan fingerprint density at radius 2 is 1.90 bits per heavy atom. The van der Waals surface area contributed by atoms with Crippen molar-refractivity contribution in [3.63, 3.8) is 0 Å². The molecule has 0 N–H and O–H groups in total. The van der Waals surface area contributed by atoms with E-state index in [4.69, 9.17) is 9.68 Å². The lowest BCUT2D eigenvalue weighted by Gasteiger charge is -2.11. The summed E-state index contributed by atoms with van der Waals surface area (Å²) in [4.78, 5) is 14.6. The van der Waals surface area contributed by atoms with Crippen molar-refractivity contribution >= 4 is 28.2 Å². The van der Waals surface area contributed by atoms with Crippen molar-refractivity contribution in [1.82, 2.24) is 0 Å². The lowest BCUT2D eigenvalue weighted by Crippen LogP contribution is -2.15. The van der Waals surface area contributed by atoms with Crippen LogP contribution < -0.4 is 0 Å². The Morgan fingerprint density at radius 1 is 1.19 bits per heavy atom. The second kappa shape index (κ2) is 9.18. The van der Waals surface area contributed by atoms with Crippen molar-refractivity contribution in [1.29, 1.82) is 0 Å². The Balaban J connectivity index is 3.15. The number of thioether (sulfide) groups is 1. The minimum absolute atomic E-state index is 0.370. The average molecular weight is 307 g/mol. The van der Waals surface area contributed by atoms with Gasteiger partial charge in [0, 0.05) is 18.2 Å². The molecule has 0 aliphatic heterocycles. The van der Waals surface area contributed by atoms with Crippen LogP contribution in [0.4, 0.5) is 0 Å². The zero-order valence-corrected chi connectivity index (χ0v) is 13.9. The Kier molecular flexibility index (Phi) is 7.53. The molecule has 0 saturated heterocycles. The summed E-state index contributed by atoms with van der Waals surface area (Å²) in [5.41, 5.74) is 3.48. The summed E-state index contributed by atoms with van der Waals surface area (Å²) in [6, 6.07) is 7.86. The van der Waals surface area contributed by atoms with Crippen LogP contribution in [0, 0.1) is 0 Å². The van der Waals surface area contributed by atoms with Gasteiger partial charge in [0.15, 0.2) is 0 Å². The van der Waals surface area contributed by atoms with Crippen molar-refractivity contribution in [3.8, 4) is 0 Å². The largest absolute Gasteiger partial charge is 0.399 e. The fraction of sp³-hybridized carbons (Fsp3) is 0.400. The fourth-order valence-electron chi connectivity index (χ4n) is 1.70. The molecule has 0 aliphatic carbocycles. The smallest absolute Gasteiger partial charge is 0.142 e. The molecular weight excluding hydrogens is 286 g/mol. The number of oxime groups is 2. The molecule has 0 bridgehead atoms. The van der Waals surface area contributed by atoms with Gasteiger partial charge in [-0.05, 0) is 20.1 Å². The summed E-state index contributed by atoms with van der Waals surface area (Å²) in [5, 5.41) is 8.88. The van der Waals surface area contributed by atoms with E-state index in [9.17, 15) is 0 Å². The van der Waals surface area contributed by atoms with E-state index in [1.807, 2.05) is 44.4 Å². The summed E-state index contributed by atoms with van der Waals surface area (Å²) < 4.78 is 0. The lowest BCUT2D eigenvalue weighted by molar-refractivity contribution is 0.130. The molecule has 6 heteroatoms. The van der Waals surface area contributed by atoms with E-state index in [2.05, 4.69) is 15.3 Å². The van der Waals surface area contributed by atoms with Gasteiger partial charge in [-0.15, -0.1) is 11.8 Å². The van der Waals surface area contributed by atoms with Crippen LogP contribution in [0.1, 0.15) is 25.0 Å². The van der Waals surface area contributed by atoms with Crippen LogP contribution in [0.15, 0.2) is 39.6 Å². The number of nitrogens with zero attached hydrogens (tertiary/aromatic N) is 3. The van der Waals surface area contributed by atoms with Crippen LogP contribution in [-0.2, 0) is 16.3 Å². The van der Waals surface area contributed by atoms with Gasteiger partial charge in [0.1, 0.15) is 24.5 Å². The topological polar surface area (TPSA) is 55.5 Å². The third kappa shape index (κ3) is 5.23. The van der Waals surface area contributed by atoms with E-state index < -0.39 is 0 Å². The maximum atomic E-state index is 5.34. The van der Waals surface area contributed by atoms with E-state index in [0.717, 1.165) is 21.9 Å². The van der Waals surface area contributed by atoms with Gasteiger partial charge in [-0.25, -0.2) is 0 Å². The minimum Gasteiger partial charge on any atom is -0.399 e. The molecule has 114 valence electrons. The molecule has 1 aromatic carbocycles. The van der Waals surface area contributed by atoms with E-state index in [1.165, 1.54) is 18.9 Å². The molecule has 0 aliphatic rings. The lowest BCUT2D eigenvalue weighted by atomic mass is 10.0. The fourth-order valence-corrected chi connectivity index (χ4v) is 2.22. The Hall–Kier alpha value is -1.82. The van der Waals surface area contributed by atoms with Gasteiger partial charge in [-0.3, -0.25) is 4.99 Å². The molecule has 0 heterocycles. The monoisotopic (exact) mass is 307 g/mol. The third-order valence-corrected chi connectivity index (χ3v) is 3.28. The molecule has 0 unspecified atom stereocenters. The minimum atomic E-state index is 0.370. The second-order valence-corrected chi connectivity index (χ2v) is 5.12. The first-order valence-corrected chi connectivity index (χ1v) is 7.70. The normalized spacial score (nSPS) is 12.0. The van der Waals surface area contributed by atoms with Gasteiger partial charge in [-0.1, -0.05) is 34.6 Å². The Morgan fingerprint density at radius 3 is 2.48 bits per heavy atom. The molecule has 0 aromatic heterocycles. The average Bonchev–Trinajstić information content (AvgIpc) is 2.48. The van der Waals surface area contributed by atoms with Crippen molar-refractivity contribution in [2.24, 2.45) is 15.3 Å². The molecule has 0 amide bonds. The summed E-state index contributed by atoms with van der Waals surface area (Å²) >= 11 is 1.52. The Labute approximate surface area is 130 Å². The molecule has 1 aromatic rings. The SMILES string of the molecule is CN=C(SC)/C(=N/OC)c1ccccc1CON=C(C)C. The summed E-state index contributed by atoms with van der Waals surface area (Å²) in [7, 11) is 3.26. The molecule has 0 spiro atoms. The molecule has 21 heavy (non-hydrogen) atoms. The molecule has 0 saturated carbocycles. The number of benzene rings is 1. The van der Waals surface area contributed by atoms with Crippen LogP contribution >= 0.6 is 11.8 Å². The van der Waals surface area contributed by atoms with Gasteiger partial charge < -0.3 is 9.68 Å².